The van der Waals surface area contributed by atoms with Crippen LogP contribution in [0.3, 0.4) is 0 Å². The van der Waals surface area contributed by atoms with Gasteiger partial charge in [0.25, 0.3) is 0 Å². The lowest BCUT2D eigenvalue weighted by molar-refractivity contribution is 0.222. The topological polar surface area (TPSA) is 21.3 Å². The molecule has 1 atom stereocenters. The van der Waals surface area contributed by atoms with E-state index >= 15 is 0 Å². The standard InChI is InChI=1S/C18H22BrNO/c1-13(2)20-12-16-10-7-11-17(19)18(16)21-14(3)15-8-5-4-6-9-15/h4-11,13-14,20H,12H2,1-3H3. The van der Waals surface area contributed by atoms with E-state index in [0.29, 0.717) is 6.04 Å². The fraction of sp³-hybridized carbons (Fsp3) is 0.333. The van der Waals surface area contributed by atoms with Gasteiger partial charge in [-0.05, 0) is 34.5 Å². The smallest absolute Gasteiger partial charge is 0.138 e. The molecule has 0 radical (unpaired) electrons. The number of benzene rings is 2. The Labute approximate surface area is 135 Å². The van der Waals surface area contributed by atoms with E-state index in [-0.39, 0.29) is 6.10 Å². The molecule has 1 N–H and O–H groups in total. The van der Waals surface area contributed by atoms with Crippen LogP contribution in [-0.4, -0.2) is 6.04 Å². The first-order valence-electron chi connectivity index (χ1n) is 7.30. The predicted molar refractivity (Wildman–Crippen MR) is 91.6 cm³/mol. The van der Waals surface area contributed by atoms with Crippen molar-refractivity contribution in [2.24, 2.45) is 0 Å². The van der Waals surface area contributed by atoms with Crippen LogP contribution < -0.4 is 10.1 Å². The summed E-state index contributed by atoms with van der Waals surface area (Å²) in [5, 5.41) is 3.44. The van der Waals surface area contributed by atoms with Gasteiger partial charge in [0.2, 0.25) is 0 Å². The molecule has 21 heavy (non-hydrogen) atoms. The van der Waals surface area contributed by atoms with E-state index in [1.165, 1.54) is 11.1 Å². The van der Waals surface area contributed by atoms with E-state index in [1.807, 2.05) is 30.3 Å². The summed E-state index contributed by atoms with van der Waals surface area (Å²) in [4.78, 5) is 0. The molecule has 0 aliphatic heterocycles. The first-order valence-corrected chi connectivity index (χ1v) is 8.09. The first kappa shape index (κ1) is 16.1. The maximum atomic E-state index is 6.21. The summed E-state index contributed by atoms with van der Waals surface area (Å²) < 4.78 is 7.20. The lowest BCUT2D eigenvalue weighted by atomic mass is 10.1. The lowest BCUT2D eigenvalue weighted by Gasteiger charge is -2.20. The molecule has 3 heteroatoms. The van der Waals surface area contributed by atoms with Crippen molar-refractivity contribution in [3.8, 4) is 5.75 Å². The molecular formula is C18H22BrNO. The Bertz CT molecular complexity index is 569. The Morgan fingerprint density at radius 3 is 2.38 bits per heavy atom. The third-order valence-electron chi connectivity index (χ3n) is 3.31. The molecular weight excluding hydrogens is 326 g/mol. The van der Waals surface area contributed by atoms with Crippen LogP contribution in [0.5, 0.6) is 5.75 Å². The van der Waals surface area contributed by atoms with Gasteiger partial charge in [-0.25, -0.2) is 0 Å². The van der Waals surface area contributed by atoms with Gasteiger partial charge in [0.05, 0.1) is 4.47 Å². The van der Waals surface area contributed by atoms with E-state index in [9.17, 15) is 0 Å². The number of para-hydroxylation sites is 1. The monoisotopic (exact) mass is 347 g/mol. The highest BCUT2D eigenvalue weighted by atomic mass is 79.9. The van der Waals surface area contributed by atoms with Crippen LogP contribution in [-0.2, 0) is 6.54 Å². The van der Waals surface area contributed by atoms with Crippen molar-refractivity contribution in [3.05, 3.63) is 64.1 Å². The van der Waals surface area contributed by atoms with Crippen molar-refractivity contribution in [1.29, 1.82) is 0 Å². The second-order valence-electron chi connectivity index (χ2n) is 5.43. The molecule has 0 amide bonds. The molecule has 0 fully saturated rings. The fourth-order valence-electron chi connectivity index (χ4n) is 2.11. The molecule has 0 spiro atoms. The van der Waals surface area contributed by atoms with Crippen LogP contribution in [0.25, 0.3) is 0 Å². The maximum Gasteiger partial charge on any atom is 0.138 e. The summed E-state index contributed by atoms with van der Waals surface area (Å²) in [5.74, 6) is 0.919. The highest BCUT2D eigenvalue weighted by Gasteiger charge is 2.13. The summed E-state index contributed by atoms with van der Waals surface area (Å²) in [5.41, 5.74) is 2.34. The van der Waals surface area contributed by atoms with Crippen LogP contribution in [0, 0.1) is 0 Å². The second-order valence-corrected chi connectivity index (χ2v) is 6.29. The number of nitrogens with one attached hydrogen (secondary N) is 1. The fourth-order valence-corrected chi connectivity index (χ4v) is 2.61. The SMILES string of the molecule is CC(C)NCc1cccc(Br)c1OC(C)c1ccccc1. The molecule has 0 aliphatic carbocycles. The molecule has 0 aromatic heterocycles. The van der Waals surface area contributed by atoms with Gasteiger partial charge < -0.3 is 10.1 Å². The van der Waals surface area contributed by atoms with E-state index < -0.39 is 0 Å². The van der Waals surface area contributed by atoms with E-state index in [1.54, 1.807) is 0 Å². The van der Waals surface area contributed by atoms with Gasteiger partial charge >= 0.3 is 0 Å². The molecule has 0 saturated carbocycles. The Balaban J connectivity index is 2.18. The molecule has 112 valence electrons. The van der Waals surface area contributed by atoms with Gasteiger partial charge in [-0.15, -0.1) is 0 Å². The molecule has 1 unspecified atom stereocenters. The van der Waals surface area contributed by atoms with Crippen molar-refractivity contribution in [2.45, 2.75) is 39.5 Å². The molecule has 2 nitrogen and oxygen atoms in total. The molecule has 0 saturated heterocycles. The lowest BCUT2D eigenvalue weighted by Crippen LogP contribution is -2.22. The van der Waals surface area contributed by atoms with Gasteiger partial charge in [0.1, 0.15) is 11.9 Å². The van der Waals surface area contributed by atoms with Crippen molar-refractivity contribution in [2.75, 3.05) is 0 Å². The average molecular weight is 348 g/mol. The minimum Gasteiger partial charge on any atom is -0.485 e. The molecule has 2 aromatic rings. The quantitative estimate of drug-likeness (QED) is 0.785. The minimum atomic E-state index is 0.0164. The van der Waals surface area contributed by atoms with Crippen LogP contribution >= 0.6 is 15.9 Å². The first-order chi connectivity index (χ1) is 10.1. The van der Waals surface area contributed by atoms with Crippen molar-refractivity contribution in [1.82, 2.24) is 5.32 Å². The number of ether oxygens (including phenoxy) is 1. The van der Waals surface area contributed by atoms with Gasteiger partial charge in [0, 0.05) is 18.2 Å². The summed E-state index contributed by atoms with van der Waals surface area (Å²) in [6, 6.07) is 16.9. The van der Waals surface area contributed by atoms with E-state index in [0.717, 1.165) is 16.8 Å². The van der Waals surface area contributed by atoms with Gasteiger partial charge in [0.15, 0.2) is 0 Å². The zero-order chi connectivity index (χ0) is 15.2. The molecule has 0 aliphatic rings. The van der Waals surface area contributed by atoms with Crippen LogP contribution in [0.15, 0.2) is 53.0 Å². The summed E-state index contributed by atoms with van der Waals surface area (Å²) in [7, 11) is 0. The number of hydrogen-bond acceptors (Lipinski definition) is 2. The normalized spacial score (nSPS) is 12.4. The van der Waals surface area contributed by atoms with Gasteiger partial charge in [-0.1, -0.05) is 56.3 Å². The summed E-state index contributed by atoms with van der Waals surface area (Å²) >= 11 is 3.60. The minimum absolute atomic E-state index is 0.0164. The highest BCUT2D eigenvalue weighted by molar-refractivity contribution is 9.10. The maximum absolute atomic E-state index is 6.21. The van der Waals surface area contributed by atoms with Crippen LogP contribution in [0.2, 0.25) is 0 Å². The number of hydrogen-bond donors (Lipinski definition) is 1. The number of halogens is 1. The summed E-state index contributed by atoms with van der Waals surface area (Å²) in [6.07, 6.45) is 0.0164. The average Bonchev–Trinajstić information content (AvgIpc) is 2.48. The Morgan fingerprint density at radius 2 is 1.71 bits per heavy atom. The Hall–Kier alpha value is -1.32. The third kappa shape index (κ3) is 4.58. The highest BCUT2D eigenvalue weighted by Crippen LogP contribution is 2.33. The number of rotatable bonds is 6. The Morgan fingerprint density at radius 1 is 1.00 bits per heavy atom. The van der Waals surface area contributed by atoms with Gasteiger partial charge in [-0.3, -0.25) is 0 Å². The van der Waals surface area contributed by atoms with Crippen molar-refractivity contribution >= 4 is 15.9 Å². The second kappa shape index (κ2) is 7.62. The van der Waals surface area contributed by atoms with Crippen LogP contribution in [0.1, 0.15) is 38.0 Å². The molecule has 2 rings (SSSR count). The van der Waals surface area contributed by atoms with Gasteiger partial charge in [-0.2, -0.15) is 0 Å². The zero-order valence-electron chi connectivity index (χ0n) is 12.8. The predicted octanol–water partition coefficient (Wildman–Crippen LogP) is 5.09. The van der Waals surface area contributed by atoms with Crippen molar-refractivity contribution < 1.29 is 4.74 Å². The third-order valence-corrected chi connectivity index (χ3v) is 3.94. The van der Waals surface area contributed by atoms with Crippen molar-refractivity contribution in [3.63, 3.8) is 0 Å². The largest absolute Gasteiger partial charge is 0.485 e. The molecule has 2 aromatic carbocycles. The zero-order valence-corrected chi connectivity index (χ0v) is 14.4. The van der Waals surface area contributed by atoms with E-state index in [2.05, 4.69) is 60.2 Å². The summed E-state index contributed by atoms with van der Waals surface area (Å²) in [6.45, 7) is 7.17. The molecule has 0 bridgehead atoms. The molecule has 0 heterocycles. The van der Waals surface area contributed by atoms with E-state index in [4.69, 9.17) is 4.74 Å². The van der Waals surface area contributed by atoms with Crippen LogP contribution in [0.4, 0.5) is 0 Å². The Kier molecular flexibility index (Phi) is 5.83.